The van der Waals surface area contributed by atoms with Gasteiger partial charge in [0.1, 0.15) is 11.3 Å². The van der Waals surface area contributed by atoms with Crippen LogP contribution < -0.4 is 9.64 Å². The maximum atomic E-state index is 11.8. The molecule has 6 nitrogen and oxygen atoms in total. The van der Waals surface area contributed by atoms with Crippen LogP contribution >= 0.6 is 11.6 Å². The summed E-state index contributed by atoms with van der Waals surface area (Å²) in [6.07, 6.45) is 6.45. The van der Waals surface area contributed by atoms with Crippen molar-refractivity contribution < 1.29 is 22.1 Å². The van der Waals surface area contributed by atoms with Gasteiger partial charge in [-0.3, -0.25) is 4.55 Å². The van der Waals surface area contributed by atoms with E-state index >= 15 is 0 Å². The van der Waals surface area contributed by atoms with Gasteiger partial charge in [-0.2, -0.15) is 8.42 Å². The van der Waals surface area contributed by atoms with Crippen molar-refractivity contribution in [1.82, 2.24) is 0 Å². The Morgan fingerprint density at radius 3 is 2.47 bits per heavy atom. The second kappa shape index (κ2) is 13.0. The number of aryl methyl sites for hydroxylation is 1. The van der Waals surface area contributed by atoms with Crippen molar-refractivity contribution in [2.75, 3.05) is 11.4 Å². The number of fused-ring (bicyclic) bond motifs is 2. The fourth-order valence-electron chi connectivity index (χ4n) is 5.22. The highest BCUT2D eigenvalue weighted by molar-refractivity contribution is 7.86. The van der Waals surface area contributed by atoms with E-state index in [2.05, 4.69) is 43.9 Å². The average Bonchev–Trinajstić information content (AvgIpc) is 3.49. The van der Waals surface area contributed by atoms with Crippen LogP contribution in [-0.4, -0.2) is 24.8 Å². The highest BCUT2D eigenvalue weighted by Gasteiger charge is 2.27. The van der Waals surface area contributed by atoms with Crippen LogP contribution in [0.4, 0.5) is 5.69 Å². The van der Waals surface area contributed by atoms with Crippen molar-refractivity contribution in [2.45, 2.75) is 58.6 Å². The maximum absolute atomic E-state index is 11.8. The zero-order chi connectivity index (χ0) is 30.7. The lowest BCUT2D eigenvalue weighted by molar-refractivity contribution is 0.432. The summed E-state index contributed by atoms with van der Waals surface area (Å²) in [6, 6.07) is 21.8. The van der Waals surface area contributed by atoms with Gasteiger partial charge in [0, 0.05) is 28.6 Å². The molecule has 0 spiro atoms. The van der Waals surface area contributed by atoms with Crippen molar-refractivity contribution in [3.63, 3.8) is 0 Å². The first kappa shape index (κ1) is 30.9. The molecular weight excluding hydrogens is 582 g/mol. The molecule has 0 saturated heterocycles. The van der Waals surface area contributed by atoms with Crippen molar-refractivity contribution >= 4 is 44.5 Å². The van der Waals surface area contributed by atoms with Crippen molar-refractivity contribution in [1.29, 1.82) is 0 Å². The minimum absolute atomic E-state index is 0.259. The standard InChI is InChI=1S/C35H38ClNO5S/c1-5-25(20-35-37(18-17-23(2)3)31-22-28(36)13-16-33(31)42-35)19-34-29(14-11-24(4)43(38,39)40)30-21-27(12-15-32(30)41-34)26-9-7-6-8-10-26/h6-10,12-13,15-16,19-24H,5,11,14,17-18H2,1-4H3,(H,38,39,40)/b25-19-,35-20+. The Labute approximate surface area is 259 Å². The summed E-state index contributed by atoms with van der Waals surface area (Å²) in [6.45, 7) is 8.80. The molecule has 4 aromatic rings. The van der Waals surface area contributed by atoms with Crippen LogP contribution in [0.5, 0.6) is 5.75 Å². The quantitative estimate of drug-likeness (QED) is 0.168. The average molecular weight is 620 g/mol. The topological polar surface area (TPSA) is 80.0 Å². The lowest BCUT2D eigenvalue weighted by atomic mass is 9.99. The zero-order valence-corrected chi connectivity index (χ0v) is 26.6. The Morgan fingerprint density at radius 1 is 1.00 bits per heavy atom. The van der Waals surface area contributed by atoms with E-state index in [1.807, 2.05) is 60.7 Å². The normalized spacial score (nSPS) is 15.4. The van der Waals surface area contributed by atoms with Crippen LogP contribution in [-0.2, 0) is 16.5 Å². The van der Waals surface area contributed by atoms with E-state index in [1.165, 1.54) is 6.92 Å². The molecule has 0 saturated carbocycles. The molecule has 0 aliphatic carbocycles. The highest BCUT2D eigenvalue weighted by Crippen LogP contribution is 2.42. The Morgan fingerprint density at radius 2 is 1.77 bits per heavy atom. The predicted molar refractivity (Wildman–Crippen MR) is 176 cm³/mol. The Hall–Kier alpha value is -3.52. The van der Waals surface area contributed by atoms with Gasteiger partial charge in [0.25, 0.3) is 10.1 Å². The lowest BCUT2D eigenvalue weighted by Crippen LogP contribution is -2.22. The lowest BCUT2D eigenvalue weighted by Gasteiger charge is -2.20. The van der Waals surface area contributed by atoms with Crippen LogP contribution in [0, 0.1) is 5.92 Å². The molecule has 43 heavy (non-hydrogen) atoms. The molecule has 1 aromatic heterocycles. The van der Waals surface area contributed by atoms with E-state index in [1.54, 1.807) is 0 Å². The first-order valence-electron chi connectivity index (χ1n) is 14.8. The Kier molecular flexibility index (Phi) is 9.35. The molecule has 8 heteroatoms. The number of halogens is 1. The van der Waals surface area contributed by atoms with Crippen LogP contribution in [0.1, 0.15) is 58.3 Å². The number of ether oxygens (including phenoxy) is 1. The molecule has 1 aliphatic rings. The van der Waals surface area contributed by atoms with Crippen LogP contribution in [0.3, 0.4) is 0 Å². The van der Waals surface area contributed by atoms with Crippen molar-refractivity contribution in [2.24, 2.45) is 5.92 Å². The third kappa shape index (κ3) is 7.18. The summed E-state index contributed by atoms with van der Waals surface area (Å²) in [7, 11) is -4.15. The number of furan rings is 1. The number of nitrogens with zero attached hydrogens (tertiary/aromatic N) is 1. The molecule has 1 unspecified atom stereocenters. The van der Waals surface area contributed by atoms with Gasteiger partial charge in [0.05, 0.1) is 10.9 Å². The first-order chi connectivity index (χ1) is 20.5. The van der Waals surface area contributed by atoms with E-state index in [0.29, 0.717) is 23.1 Å². The van der Waals surface area contributed by atoms with Gasteiger partial charge in [-0.05, 0) is 91.6 Å². The van der Waals surface area contributed by atoms with E-state index in [4.69, 9.17) is 20.8 Å². The predicted octanol–water partition coefficient (Wildman–Crippen LogP) is 9.54. The summed E-state index contributed by atoms with van der Waals surface area (Å²) in [5.41, 5.74) is 5.70. The fraction of sp³-hybridized carbons (Fsp3) is 0.314. The summed E-state index contributed by atoms with van der Waals surface area (Å²) in [5.74, 6) is 2.69. The first-order valence-corrected chi connectivity index (χ1v) is 16.7. The molecule has 226 valence electrons. The van der Waals surface area contributed by atoms with Gasteiger partial charge in [0.2, 0.25) is 5.88 Å². The minimum Gasteiger partial charge on any atom is -0.456 e. The third-order valence-electron chi connectivity index (χ3n) is 7.89. The maximum Gasteiger partial charge on any atom is 0.267 e. The number of hydrogen-bond donors (Lipinski definition) is 1. The highest BCUT2D eigenvalue weighted by atomic mass is 35.5. The van der Waals surface area contributed by atoms with Gasteiger partial charge in [-0.15, -0.1) is 0 Å². The largest absolute Gasteiger partial charge is 0.456 e. The Balaban J connectivity index is 1.57. The minimum atomic E-state index is -4.15. The molecule has 1 atom stereocenters. The van der Waals surface area contributed by atoms with Crippen LogP contribution in [0.15, 0.2) is 88.7 Å². The van der Waals surface area contributed by atoms with Gasteiger partial charge >= 0.3 is 0 Å². The van der Waals surface area contributed by atoms with Crippen LogP contribution in [0.2, 0.25) is 5.02 Å². The monoisotopic (exact) mass is 619 g/mol. The smallest absolute Gasteiger partial charge is 0.267 e. The molecule has 0 bridgehead atoms. The Bertz CT molecular complexity index is 1770. The zero-order valence-electron chi connectivity index (χ0n) is 25.0. The second-order valence-corrected chi connectivity index (χ2v) is 13.8. The molecule has 0 fully saturated rings. The molecule has 2 heterocycles. The molecule has 1 N–H and O–H groups in total. The van der Waals surface area contributed by atoms with E-state index in [-0.39, 0.29) is 6.42 Å². The SMILES string of the molecule is CCC(=C/c1oc2ccc(-c3ccccc3)cc2c1CCC(C)S(=O)(=O)O)/C=C1/Oc2ccc(Cl)cc2N1CCC(C)C. The number of allylic oxidation sites excluding steroid dienone is 2. The van der Waals surface area contributed by atoms with Crippen molar-refractivity contribution in [3.05, 3.63) is 101 Å². The number of hydrogen-bond acceptors (Lipinski definition) is 5. The molecular formula is C35H38ClNO5S. The van der Waals surface area contributed by atoms with Gasteiger partial charge in [-0.1, -0.05) is 68.8 Å². The fourth-order valence-corrected chi connectivity index (χ4v) is 5.80. The van der Waals surface area contributed by atoms with E-state index < -0.39 is 15.4 Å². The van der Waals surface area contributed by atoms with E-state index in [0.717, 1.165) is 69.9 Å². The summed E-state index contributed by atoms with van der Waals surface area (Å²) < 4.78 is 46.0. The number of anilines is 1. The van der Waals surface area contributed by atoms with Crippen LogP contribution in [0.25, 0.3) is 28.2 Å². The van der Waals surface area contributed by atoms with E-state index in [9.17, 15) is 13.0 Å². The van der Waals surface area contributed by atoms with Gasteiger partial charge in [-0.25, -0.2) is 0 Å². The van der Waals surface area contributed by atoms with Gasteiger partial charge in [0.15, 0.2) is 5.75 Å². The molecule has 1 aliphatic heterocycles. The molecule has 0 radical (unpaired) electrons. The second-order valence-electron chi connectivity index (χ2n) is 11.5. The summed E-state index contributed by atoms with van der Waals surface area (Å²) in [5, 5.41) is 0.687. The summed E-state index contributed by atoms with van der Waals surface area (Å²) in [4.78, 5) is 2.17. The third-order valence-corrected chi connectivity index (χ3v) is 9.38. The summed E-state index contributed by atoms with van der Waals surface area (Å²) >= 11 is 6.35. The van der Waals surface area contributed by atoms with Gasteiger partial charge < -0.3 is 14.1 Å². The molecule has 5 rings (SSSR count). The molecule has 3 aromatic carbocycles. The number of benzene rings is 3. The molecule has 0 amide bonds. The van der Waals surface area contributed by atoms with Crippen molar-refractivity contribution in [3.8, 4) is 16.9 Å². The number of rotatable bonds is 11.